The van der Waals surface area contributed by atoms with Gasteiger partial charge in [-0.25, -0.2) is 4.79 Å². The molecular formula is C24H25N5O8. The van der Waals surface area contributed by atoms with Crippen LogP contribution in [-0.4, -0.2) is 82.0 Å². The number of aliphatic hydroxyl groups is 2. The summed E-state index contributed by atoms with van der Waals surface area (Å²) in [5.41, 5.74) is 10.1. The minimum Gasteiger partial charge on any atom is -0.509 e. The highest BCUT2D eigenvalue weighted by Crippen LogP contribution is 2.58. The van der Waals surface area contributed by atoms with Crippen molar-refractivity contribution in [3.63, 3.8) is 0 Å². The van der Waals surface area contributed by atoms with Crippen molar-refractivity contribution in [1.82, 2.24) is 4.90 Å². The summed E-state index contributed by atoms with van der Waals surface area (Å²) >= 11 is 0. The number of primary amides is 1. The topological polar surface area (TPSA) is 243 Å². The van der Waals surface area contributed by atoms with Gasteiger partial charge < -0.3 is 37.3 Å². The summed E-state index contributed by atoms with van der Waals surface area (Å²) in [6.07, 6.45) is -0.882. The lowest BCUT2D eigenvalue weighted by atomic mass is 9.47. The van der Waals surface area contributed by atoms with E-state index in [1.807, 2.05) is 0 Å². The zero-order chi connectivity index (χ0) is 27.8. The molecule has 0 saturated heterocycles. The van der Waals surface area contributed by atoms with Crippen LogP contribution in [0.1, 0.15) is 27.9 Å². The molecule has 4 rings (SSSR count). The fourth-order valence-corrected chi connectivity index (χ4v) is 6.13. The lowest BCUT2D eigenvalue weighted by molar-refractivity contribution is -0.139. The van der Waals surface area contributed by atoms with Crippen molar-refractivity contribution in [3.05, 3.63) is 45.7 Å². The molecule has 0 spiro atoms. The molecule has 1 fully saturated rings. The number of hydrogen-bond acceptors (Lipinski definition) is 12. The molecule has 0 aliphatic heterocycles. The number of Topliss-reactive ketones (excluding diaryl/α,β-unsaturated/α-hetero) is 2. The Morgan fingerprint density at radius 3 is 2.32 bits per heavy atom. The first kappa shape index (κ1) is 25.8. The van der Waals surface area contributed by atoms with E-state index in [4.69, 9.17) is 21.9 Å². The highest BCUT2D eigenvalue weighted by Gasteiger charge is 2.74. The Morgan fingerprint density at radius 2 is 1.81 bits per heavy atom. The Hall–Kier alpha value is -4.25. The highest BCUT2D eigenvalue weighted by molar-refractivity contribution is 6.25. The third kappa shape index (κ3) is 2.94. The maximum atomic E-state index is 14.2. The van der Waals surface area contributed by atoms with Gasteiger partial charge in [0.25, 0.3) is 5.91 Å². The largest absolute Gasteiger partial charge is 0.509 e. The number of phenols is 1. The second-order valence-corrected chi connectivity index (χ2v) is 9.76. The quantitative estimate of drug-likeness (QED) is 0.205. The lowest BCUT2D eigenvalue weighted by Gasteiger charge is -2.58. The third-order valence-electron chi connectivity index (χ3n) is 7.54. The number of carbonyl (C=O) groups is 4. The average Bonchev–Trinajstić information content (AvgIpc) is 2.77. The summed E-state index contributed by atoms with van der Waals surface area (Å²) in [5, 5.41) is 43.3. The number of aromatic hydroxyl groups is 1. The lowest BCUT2D eigenvalue weighted by Crippen LogP contribution is -2.80. The minimum atomic E-state index is -2.75. The van der Waals surface area contributed by atoms with Crippen LogP contribution in [-0.2, 0) is 25.5 Å². The number of carbonyl (C=O) groups excluding carboxylic acids is 4. The van der Waals surface area contributed by atoms with Gasteiger partial charge in [0.15, 0.2) is 17.0 Å². The maximum Gasteiger partial charge on any atom is 0.338 e. The van der Waals surface area contributed by atoms with Crippen LogP contribution in [0.15, 0.2) is 29.0 Å². The number of nitrogens with zero attached hydrogens (tertiary/aromatic N) is 2. The number of likely N-dealkylation sites (N-methyl/N-ethyl adjacent to an activating group) is 1. The van der Waals surface area contributed by atoms with Gasteiger partial charge in [0.1, 0.15) is 22.8 Å². The number of esters is 1. The first-order valence-corrected chi connectivity index (χ1v) is 11.0. The molecule has 0 bridgehead atoms. The van der Waals surface area contributed by atoms with E-state index in [1.165, 1.54) is 25.1 Å². The van der Waals surface area contributed by atoms with Crippen molar-refractivity contribution in [1.29, 1.82) is 5.26 Å². The molecule has 1 aromatic carbocycles. The number of hydrogen-bond donors (Lipinski definition) is 6. The number of ether oxygens (including phenoxy) is 1. The Labute approximate surface area is 210 Å². The van der Waals surface area contributed by atoms with Crippen LogP contribution in [0.5, 0.6) is 5.75 Å². The molecule has 3 aliphatic carbocycles. The Balaban J connectivity index is 2.14. The van der Waals surface area contributed by atoms with Gasteiger partial charge in [-0.2, -0.15) is 5.26 Å². The molecule has 13 nitrogen and oxygen atoms in total. The maximum absolute atomic E-state index is 14.2. The van der Waals surface area contributed by atoms with Gasteiger partial charge in [-0.3, -0.25) is 19.3 Å². The first-order chi connectivity index (χ1) is 17.1. The summed E-state index contributed by atoms with van der Waals surface area (Å²) in [4.78, 5) is 53.4. The number of ketones is 2. The molecular weight excluding hydrogens is 486 g/mol. The van der Waals surface area contributed by atoms with Crippen LogP contribution in [0.4, 0.5) is 0 Å². The Bertz CT molecular complexity index is 1420. The smallest absolute Gasteiger partial charge is 0.338 e. The van der Waals surface area contributed by atoms with Gasteiger partial charge >= 0.3 is 5.97 Å². The van der Waals surface area contributed by atoms with E-state index in [1.54, 1.807) is 6.07 Å². The number of fused-ring (bicyclic) bond motifs is 3. The Morgan fingerprint density at radius 1 is 1.19 bits per heavy atom. The molecule has 37 heavy (non-hydrogen) atoms. The Kier molecular flexibility index (Phi) is 5.50. The first-order valence-electron chi connectivity index (χ1n) is 11.0. The zero-order valence-electron chi connectivity index (χ0n) is 20.2. The highest BCUT2D eigenvalue weighted by atomic mass is 16.5. The van der Waals surface area contributed by atoms with Crippen LogP contribution in [0.3, 0.4) is 0 Å². The van der Waals surface area contributed by atoms with Crippen LogP contribution in [0, 0.1) is 16.7 Å². The number of phenolic OH excluding ortho intramolecular Hbond substituents is 1. The molecule has 0 radical (unpaired) electrons. The SMILES string of the molecule is COC(=O)c1ccc(O)c2c1C[C@@]1(N)C[C@@]3(N)[C@H](N(C)C)C(=O)C(C(N)=O)=C(O)[C@@]3(C#N)C(=O)C1=C2O. The molecule has 4 atom stereocenters. The predicted molar refractivity (Wildman–Crippen MR) is 126 cm³/mol. The molecule has 0 unspecified atom stereocenters. The van der Waals surface area contributed by atoms with Gasteiger partial charge in [0.05, 0.1) is 47.0 Å². The zero-order valence-corrected chi connectivity index (χ0v) is 20.2. The van der Waals surface area contributed by atoms with Gasteiger partial charge in [-0.05, 0) is 44.6 Å². The summed E-state index contributed by atoms with van der Waals surface area (Å²) in [5.74, 6) is -7.05. The molecule has 9 N–H and O–H groups in total. The van der Waals surface area contributed by atoms with E-state index in [9.17, 15) is 39.8 Å². The molecule has 13 heteroatoms. The van der Waals surface area contributed by atoms with Gasteiger partial charge in [0.2, 0.25) is 0 Å². The van der Waals surface area contributed by atoms with E-state index in [0.29, 0.717) is 0 Å². The summed E-state index contributed by atoms with van der Waals surface area (Å²) < 4.78 is 4.79. The second kappa shape index (κ2) is 7.87. The molecule has 0 heterocycles. The second-order valence-electron chi connectivity index (χ2n) is 9.76. The summed E-state index contributed by atoms with van der Waals surface area (Å²) in [6, 6.07) is 2.53. The fraction of sp³-hybridized carbons (Fsp3) is 0.375. The van der Waals surface area contributed by atoms with Crippen LogP contribution in [0.2, 0.25) is 0 Å². The van der Waals surface area contributed by atoms with Crippen LogP contribution < -0.4 is 17.2 Å². The predicted octanol–water partition coefficient (Wildman–Crippen LogP) is -1.31. The number of aliphatic hydroxyl groups excluding tert-OH is 2. The van der Waals surface area contributed by atoms with Crippen LogP contribution in [0.25, 0.3) is 5.76 Å². The number of methoxy groups -OCH3 is 1. The molecule has 1 amide bonds. The summed E-state index contributed by atoms with van der Waals surface area (Å²) in [6.45, 7) is 0. The summed E-state index contributed by atoms with van der Waals surface area (Å²) in [7, 11) is 3.96. The van der Waals surface area contributed by atoms with Gasteiger partial charge in [0, 0.05) is 0 Å². The monoisotopic (exact) mass is 511 g/mol. The normalized spacial score (nSPS) is 30.9. The van der Waals surface area contributed by atoms with Crippen molar-refractivity contribution < 1.29 is 39.2 Å². The van der Waals surface area contributed by atoms with Crippen LogP contribution >= 0.6 is 0 Å². The number of nitrogens with two attached hydrogens (primary N) is 3. The van der Waals surface area contributed by atoms with Crippen molar-refractivity contribution >= 4 is 29.2 Å². The van der Waals surface area contributed by atoms with Crippen molar-refractivity contribution in [2.45, 2.75) is 30.0 Å². The molecule has 0 aromatic heterocycles. The minimum absolute atomic E-state index is 0.0518. The number of benzene rings is 1. The standard InChI is InChI=1S/C24H25N5O8/c1-29(2)17-16(32)13(20(26)35)18(33)23(8-25)19(34)14-15(31)12-10(6-22(14,27)7-24(17,23)28)9(21(36)37-3)4-5-11(12)30/h4-5,17,30-31,33H,6-7,27-28H2,1-3H3,(H2,26,35)/t17-,22-,23+,24-/m1/s1. The van der Waals surface area contributed by atoms with E-state index >= 15 is 0 Å². The van der Waals surface area contributed by atoms with Crippen molar-refractivity contribution in [2.24, 2.45) is 22.6 Å². The van der Waals surface area contributed by atoms with Gasteiger partial charge in [-0.15, -0.1) is 0 Å². The number of amides is 1. The van der Waals surface area contributed by atoms with Crippen molar-refractivity contribution in [3.8, 4) is 11.8 Å². The molecule has 3 aliphatic rings. The number of nitriles is 1. The van der Waals surface area contributed by atoms with E-state index in [0.717, 1.165) is 13.2 Å². The fourth-order valence-electron chi connectivity index (χ4n) is 6.13. The molecule has 1 saturated carbocycles. The third-order valence-corrected chi connectivity index (χ3v) is 7.54. The van der Waals surface area contributed by atoms with E-state index in [2.05, 4.69) is 0 Å². The molecule has 1 aromatic rings. The molecule has 194 valence electrons. The van der Waals surface area contributed by atoms with E-state index < -0.39 is 80.8 Å². The average molecular weight is 511 g/mol. The van der Waals surface area contributed by atoms with Gasteiger partial charge in [-0.1, -0.05) is 0 Å². The van der Waals surface area contributed by atoms with Crippen molar-refractivity contribution in [2.75, 3.05) is 21.2 Å². The van der Waals surface area contributed by atoms with E-state index in [-0.39, 0.29) is 23.1 Å². The number of rotatable bonds is 3.